The van der Waals surface area contributed by atoms with Gasteiger partial charge in [0.1, 0.15) is 0 Å². The fraction of sp³-hybridized carbons (Fsp3) is 0. The molecule has 0 saturated carbocycles. The summed E-state index contributed by atoms with van der Waals surface area (Å²) < 4.78 is 93.7. The first-order valence-corrected chi connectivity index (χ1v) is 20.2. The quantitative estimate of drug-likeness (QED) is 0.203. The Morgan fingerprint density at radius 2 is 0.180 bits per heavy atom. The van der Waals surface area contributed by atoms with Crippen LogP contribution >= 0.6 is 0 Å². The van der Waals surface area contributed by atoms with Gasteiger partial charge < -0.3 is 155 Å². The zero-order valence-electron chi connectivity index (χ0n) is 21.9. The average molecular weight is 1530 g/mol. The van der Waals surface area contributed by atoms with Crippen LogP contribution in [0.2, 0.25) is 0 Å². The van der Waals surface area contributed by atoms with Crippen molar-refractivity contribution in [2.45, 2.75) is 0 Å². The fourth-order valence-electron chi connectivity index (χ4n) is 0. The number of hydrogen-bond donors (Lipinski definition) is 0. The first kappa shape index (κ1) is 110. The minimum Gasteiger partial charge on any atom is -0.672 e. The maximum Gasteiger partial charge on any atom is 4.00 e. The Labute approximate surface area is 398 Å². The molecule has 0 fully saturated rings. The molecule has 0 aromatic rings. The Kier molecular flexibility index (Phi) is 229. The van der Waals surface area contributed by atoms with Crippen LogP contribution in [-0.2, 0) is 145 Å². The normalized spacial score (nSPS) is 5.28. The van der Waals surface area contributed by atoms with Crippen LogP contribution in [0.15, 0.2) is 0 Å². The molecule has 0 rings (SSSR count). The molecule has 0 aliphatic heterocycles. The van der Waals surface area contributed by atoms with Crippen LogP contribution in [0.1, 0.15) is 0 Å². The van der Waals surface area contributed by atoms with Gasteiger partial charge in [0.2, 0.25) is 0 Å². The van der Waals surface area contributed by atoms with Crippen LogP contribution in [-0.4, -0.2) is 153 Å². The van der Waals surface area contributed by atoms with Crippen LogP contribution in [0.5, 0.6) is 0 Å². The molecule has 0 aliphatic rings. The Morgan fingerprint density at radius 1 is 0.180 bits per heavy atom. The van der Waals surface area contributed by atoms with Gasteiger partial charge in [0, 0.05) is 101 Å². The zero-order valence-corrected chi connectivity index (χ0v) is 47.9. The van der Waals surface area contributed by atoms with Gasteiger partial charge in [-0.25, -0.2) is 0 Å². The van der Waals surface area contributed by atoms with Gasteiger partial charge in [-0.15, -0.1) is 0 Å². The van der Waals surface area contributed by atoms with Gasteiger partial charge in [-0.1, -0.05) is 0 Å². The largest absolute Gasteiger partial charge is 4.00 e. The molecule has 0 amide bonds. The molecule has 0 atom stereocenters. The van der Waals surface area contributed by atoms with E-state index in [4.69, 9.17) is 155 Å². The Balaban J connectivity index is -0.0000000158. The summed E-state index contributed by atoms with van der Waals surface area (Å²) >= 11 is 0. The molecule has 0 heterocycles. The third-order valence-electron chi connectivity index (χ3n) is 0. The van der Waals surface area contributed by atoms with Gasteiger partial charge >= 0.3 is 148 Å². The Hall–Kier alpha value is 0.747. The van der Waals surface area contributed by atoms with Gasteiger partial charge in [0.05, 0.1) is 0 Å². The second-order valence-corrected chi connectivity index (χ2v) is 8.25. The van der Waals surface area contributed by atoms with Crippen LogP contribution in [0.3, 0.4) is 0 Å². The average Bonchev–Trinajstić information content (AvgIpc) is 2.55. The molecule has 33 nitrogen and oxygen atoms in total. The van der Waals surface area contributed by atoms with Crippen molar-refractivity contribution in [1.82, 2.24) is 0 Å². The van der Waals surface area contributed by atoms with E-state index in [1.807, 2.05) is 0 Å². The second kappa shape index (κ2) is 104. The molecule has 0 aromatic carbocycles. The summed E-state index contributed by atoms with van der Waals surface area (Å²) in [6.07, 6.45) is 0. The summed E-state index contributed by atoms with van der Waals surface area (Å²) in [5, 5.41) is 0. The molecule has 4 radical (unpaired) electrons. The number of rotatable bonds is 0. The standard InChI is InChI=1S/2Bi.11O3Si.2Ti.2Zr/c;;11*1-4(2)3;;;;/q2*+3;11*-2;4*+4. The first-order chi connectivity index (χ1) is 19.1. The van der Waals surface area contributed by atoms with E-state index in [1.165, 1.54) is 0 Å². The van der Waals surface area contributed by atoms with Crippen molar-refractivity contribution in [1.29, 1.82) is 0 Å². The maximum atomic E-state index is 8.52. The van der Waals surface area contributed by atoms with Crippen molar-refractivity contribution < 1.29 is 250 Å². The van der Waals surface area contributed by atoms with Gasteiger partial charge in [0.25, 0.3) is 0 Å². The first-order valence-electron chi connectivity index (χ1n) is 6.74. The zero-order chi connectivity index (χ0) is 39.4. The number of hydrogen-bond acceptors (Lipinski definition) is 33. The SMILES string of the molecule is O=[Si]([O-])[O-].O=[Si]([O-])[O-].O=[Si]([O-])[O-].O=[Si]([O-])[O-].O=[Si]([O-])[O-].O=[Si]([O-])[O-].O=[Si]([O-])[O-].O=[Si]([O-])[O-].O=[Si]([O-])[O-].O=[Si]([O-])[O-].O=[Si]([O-])[O-].[Bi+3].[Bi+3].[Ti+4].[Ti+4].[Zr+4].[Zr+4]. The predicted molar refractivity (Wildman–Crippen MR) is 82.4 cm³/mol. The summed E-state index contributed by atoms with van der Waals surface area (Å²) in [7, 11) is -39.9. The van der Waals surface area contributed by atoms with Crippen LogP contribution in [0.25, 0.3) is 0 Å². The van der Waals surface area contributed by atoms with Gasteiger partial charge in [0.15, 0.2) is 0 Å². The second-order valence-electron chi connectivity index (χ2n) is 2.75. The summed E-state index contributed by atoms with van der Waals surface area (Å²) in [5.74, 6) is 0. The van der Waals surface area contributed by atoms with Crippen LogP contribution < -0.4 is 106 Å². The molecular formula is Bi2O33Si11Ti2Zr2. The van der Waals surface area contributed by atoms with Crippen molar-refractivity contribution >= 4 is 153 Å². The topological polar surface area (TPSA) is 695 Å². The monoisotopic (exact) mass is 1530 g/mol. The molecule has 0 bridgehead atoms. The molecule has 0 aromatic heterocycles. The van der Waals surface area contributed by atoms with E-state index in [0.717, 1.165) is 0 Å². The van der Waals surface area contributed by atoms with E-state index >= 15 is 0 Å². The minimum absolute atomic E-state index is 0. The predicted octanol–water partition coefficient (Wildman–Crippen LogP) is -32.4. The van der Waals surface area contributed by atoms with E-state index in [9.17, 15) is 0 Å². The molecule has 268 valence electrons. The summed E-state index contributed by atoms with van der Waals surface area (Å²) in [6.45, 7) is 0. The molecule has 0 spiro atoms. The van der Waals surface area contributed by atoms with E-state index in [-0.39, 0.29) is 148 Å². The molecular weight excluding hydrogens is 1530 g/mol. The molecule has 0 N–H and O–H groups in total. The van der Waals surface area contributed by atoms with E-state index in [0.29, 0.717) is 0 Å². The van der Waals surface area contributed by atoms with Gasteiger partial charge in [-0.05, 0) is 0 Å². The Bertz CT molecular complexity index is 553. The summed E-state index contributed by atoms with van der Waals surface area (Å²) in [4.78, 5) is 187. The van der Waals surface area contributed by atoms with Gasteiger partial charge in [-0.3, -0.25) is 0 Å². The van der Waals surface area contributed by atoms with E-state index < -0.39 is 101 Å². The van der Waals surface area contributed by atoms with Crippen LogP contribution in [0, 0.1) is 0 Å². The van der Waals surface area contributed by atoms with Crippen LogP contribution in [0.4, 0.5) is 0 Å². The van der Waals surface area contributed by atoms with E-state index in [1.54, 1.807) is 0 Å². The molecule has 50 heteroatoms. The fourth-order valence-corrected chi connectivity index (χ4v) is 0. The minimum atomic E-state index is -3.63. The molecule has 0 unspecified atom stereocenters. The smallest absolute Gasteiger partial charge is 0.672 e. The van der Waals surface area contributed by atoms with Crippen molar-refractivity contribution in [3.05, 3.63) is 0 Å². The molecule has 0 aliphatic carbocycles. The summed E-state index contributed by atoms with van der Waals surface area (Å²) in [5.41, 5.74) is 0. The molecule has 50 heavy (non-hydrogen) atoms. The van der Waals surface area contributed by atoms with Crippen molar-refractivity contribution in [3.63, 3.8) is 0 Å². The van der Waals surface area contributed by atoms with Crippen molar-refractivity contribution in [2.24, 2.45) is 0 Å². The van der Waals surface area contributed by atoms with Crippen molar-refractivity contribution in [2.75, 3.05) is 0 Å². The summed E-state index contributed by atoms with van der Waals surface area (Å²) in [6, 6.07) is 0. The van der Waals surface area contributed by atoms with E-state index in [2.05, 4.69) is 0 Å². The van der Waals surface area contributed by atoms with Gasteiger partial charge in [-0.2, -0.15) is 0 Å². The Morgan fingerprint density at radius 3 is 0.180 bits per heavy atom. The maximum absolute atomic E-state index is 8.52. The van der Waals surface area contributed by atoms with Crippen molar-refractivity contribution in [3.8, 4) is 0 Å². The third-order valence-corrected chi connectivity index (χ3v) is 0. The molecule has 0 saturated heterocycles. The third kappa shape index (κ3) is 199000.